The van der Waals surface area contributed by atoms with E-state index in [4.69, 9.17) is 0 Å². The zero-order chi connectivity index (χ0) is 13.1. The van der Waals surface area contributed by atoms with Crippen LogP contribution in [0.4, 0.5) is 0 Å². The zero-order valence-corrected chi connectivity index (χ0v) is 19.7. The van der Waals surface area contributed by atoms with Crippen molar-refractivity contribution >= 4 is 40.2 Å². The summed E-state index contributed by atoms with van der Waals surface area (Å²) in [4.78, 5) is 0. The third kappa shape index (κ3) is 17.0. The van der Waals surface area contributed by atoms with Gasteiger partial charge in [0.25, 0.3) is 0 Å². The number of rotatable bonds is 0. The molecule has 0 heterocycles. The first-order valence-electron chi connectivity index (χ1n) is 6.26. The molecule has 2 rings (SSSR count). The summed E-state index contributed by atoms with van der Waals surface area (Å²) in [5.74, 6) is 4.56. The van der Waals surface area contributed by atoms with Gasteiger partial charge < -0.3 is 0 Å². The van der Waals surface area contributed by atoms with Crippen LogP contribution in [0.1, 0.15) is 33.6 Å². The second-order valence-electron chi connectivity index (χ2n) is 5.03. The fourth-order valence-electron chi connectivity index (χ4n) is 1.26. The van der Waals surface area contributed by atoms with E-state index in [9.17, 15) is 0 Å². The van der Waals surface area contributed by atoms with Crippen molar-refractivity contribution in [2.45, 2.75) is 45.1 Å². The normalized spacial score (nSPS) is 13.6. The second kappa shape index (κ2) is 18.0. The molecule has 2 aliphatic carbocycles. The monoisotopic (exact) mass is 453 g/mol. The van der Waals surface area contributed by atoms with Crippen LogP contribution in [0.15, 0.2) is 36.0 Å². The quantitative estimate of drug-likeness (QED) is 0.341. The first-order chi connectivity index (χ1) is 8.02. The largest absolute Gasteiger partial charge is 2.00 e. The fourth-order valence-corrected chi connectivity index (χ4v) is 1.26. The van der Waals surface area contributed by atoms with Gasteiger partial charge in [0.1, 0.15) is 0 Å². The van der Waals surface area contributed by atoms with Gasteiger partial charge in [0.15, 0.2) is 0 Å². The summed E-state index contributed by atoms with van der Waals surface area (Å²) >= 11 is 0.312. The molecule has 0 spiro atoms. The van der Waals surface area contributed by atoms with E-state index in [-0.39, 0.29) is 51.0 Å². The summed E-state index contributed by atoms with van der Waals surface area (Å²) in [6, 6.07) is 0. The van der Waals surface area contributed by atoms with Crippen molar-refractivity contribution < 1.29 is 26.2 Å². The number of hydrogen-bond acceptors (Lipinski definition) is 0. The molecule has 0 saturated heterocycles. The summed E-state index contributed by atoms with van der Waals surface area (Å²) < 4.78 is 0. The van der Waals surface area contributed by atoms with Crippen molar-refractivity contribution in [2.75, 3.05) is 0 Å². The molecule has 0 amide bonds. The average molecular weight is 454 g/mol. The maximum Gasteiger partial charge on any atom is 2.00 e. The molecule has 0 unspecified atom stereocenters. The van der Waals surface area contributed by atoms with E-state index in [0.717, 1.165) is 12.8 Å². The van der Waals surface area contributed by atoms with Crippen LogP contribution in [-0.4, -0.2) is 15.4 Å². The summed E-state index contributed by atoms with van der Waals surface area (Å²) in [7, 11) is 0. The van der Waals surface area contributed by atoms with Crippen LogP contribution in [-0.2, 0) is 26.2 Å². The Balaban J connectivity index is -0.000000102. The Kier molecular flexibility index (Phi) is 26.2. The Bertz CT molecular complexity index is 303. The van der Waals surface area contributed by atoms with Gasteiger partial charge >= 0.3 is 53.1 Å². The van der Waals surface area contributed by atoms with Crippen molar-refractivity contribution in [1.82, 2.24) is 0 Å². The molecule has 4 heteroatoms. The van der Waals surface area contributed by atoms with Gasteiger partial charge in [-0.25, -0.2) is 23.8 Å². The van der Waals surface area contributed by atoms with E-state index in [1.807, 2.05) is 12.2 Å². The average Bonchev–Trinajstić information content (AvgIpc) is 2.95. The first kappa shape index (κ1) is 29.0. The van der Waals surface area contributed by atoms with Gasteiger partial charge in [-0.1, -0.05) is 20.8 Å². The molecule has 113 valence electrons. The van der Waals surface area contributed by atoms with E-state index in [1.165, 1.54) is 5.57 Å². The number of allylic oxidation sites excluding steroid dienone is 8. The molecule has 0 fully saturated rings. The Morgan fingerprint density at radius 3 is 1.75 bits per heavy atom. The maximum atomic E-state index is 3.30. The van der Waals surface area contributed by atoms with Crippen LogP contribution < -0.4 is 0 Å². The first-order valence-corrected chi connectivity index (χ1v) is 11.1. The second-order valence-corrected chi connectivity index (χ2v) is 7.45. The Hall–Kier alpha value is 0.966. The summed E-state index contributed by atoms with van der Waals surface area (Å²) in [6.45, 7) is 6.64. The Labute approximate surface area is 164 Å². The van der Waals surface area contributed by atoms with Gasteiger partial charge in [0.05, 0.1) is 0 Å². The van der Waals surface area contributed by atoms with Gasteiger partial charge in [-0.2, -0.15) is 12.2 Å². The minimum atomic E-state index is 0. The summed E-state index contributed by atoms with van der Waals surface area (Å²) in [6.07, 6.45) is 18.6. The molecule has 0 aromatic carbocycles. The molecule has 0 aromatic rings. The topological polar surface area (TPSA) is 0 Å². The van der Waals surface area contributed by atoms with Gasteiger partial charge in [0.2, 0.25) is 0 Å². The van der Waals surface area contributed by atoms with Gasteiger partial charge in [-0.15, -0.1) is 37.7 Å². The zero-order valence-electron chi connectivity index (χ0n) is 13.2. The van der Waals surface area contributed by atoms with Crippen molar-refractivity contribution in [3.8, 4) is 0 Å². The van der Waals surface area contributed by atoms with E-state index in [1.54, 1.807) is 0 Å². The third-order valence-corrected chi connectivity index (χ3v) is 2.09. The molecule has 2 aliphatic rings. The van der Waals surface area contributed by atoms with E-state index >= 15 is 0 Å². The molecule has 0 atom stereocenters. The van der Waals surface area contributed by atoms with Crippen LogP contribution in [0.25, 0.3) is 0 Å². The van der Waals surface area contributed by atoms with Gasteiger partial charge in [-0.3, -0.25) is 12.2 Å². The van der Waals surface area contributed by atoms with Gasteiger partial charge in [-0.05, 0) is 5.41 Å². The molecule has 0 N–H and O–H groups in total. The van der Waals surface area contributed by atoms with E-state index in [0.29, 0.717) is 20.8 Å². The molecule has 0 aliphatic heterocycles. The fraction of sp³-hybridized carbons (Fsp3) is 0.500. The summed E-state index contributed by atoms with van der Waals surface area (Å²) in [5, 5.41) is 0. The predicted octanol–water partition coefficient (Wildman–Crippen LogP) is 5.39. The van der Waals surface area contributed by atoms with Crippen LogP contribution in [0, 0.1) is 17.6 Å². The van der Waals surface area contributed by atoms with Gasteiger partial charge in [0, 0.05) is 0 Å². The van der Waals surface area contributed by atoms with Crippen LogP contribution in [0.3, 0.4) is 0 Å². The molecule has 0 bridgehead atoms. The SMILES string of the molecule is CC(C)(C)C1=[C-]CC=C1.Cl.Cl.[C-]1=CC=CC1.[CH3][GeH][CH3].[Zr+2]. The molecular weight excluding hydrogens is 427 g/mol. The molecular formula is C16H27Cl2GeZr. The molecule has 0 aromatic heterocycles. The molecule has 20 heavy (non-hydrogen) atoms. The van der Waals surface area contributed by atoms with Crippen molar-refractivity contribution in [3.05, 3.63) is 48.1 Å². The van der Waals surface area contributed by atoms with Crippen molar-refractivity contribution in [1.29, 1.82) is 0 Å². The Morgan fingerprint density at radius 1 is 1.05 bits per heavy atom. The van der Waals surface area contributed by atoms with E-state index < -0.39 is 0 Å². The number of hydrogen-bond donors (Lipinski definition) is 0. The molecule has 1 radical (unpaired) electrons. The molecule has 0 nitrogen and oxygen atoms in total. The minimum absolute atomic E-state index is 0. The third-order valence-electron chi connectivity index (χ3n) is 2.09. The van der Waals surface area contributed by atoms with E-state index in [2.05, 4.69) is 62.7 Å². The minimum Gasteiger partial charge on any atom is 2.00 e. The van der Waals surface area contributed by atoms with Crippen molar-refractivity contribution in [2.24, 2.45) is 5.41 Å². The predicted molar refractivity (Wildman–Crippen MR) is 94.9 cm³/mol. The molecule has 0 saturated carbocycles. The van der Waals surface area contributed by atoms with Crippen LogP contribution in [0.5, 0.6) is 0 Å². The summed E-state index contributed by atoms with van der Waals surface area (Å²) in [5.41, 5.74) is 1.65. The standard InChI is InChI=1S/C9H13.C5H5.C2H7Ge.2ClH.Zr/c1-9(2,3)8-6-4-5-7-8;1-2-4-5-3-1;1-3-2;;;/h4,6H,5H2,1-3H3;1-3H,4H2;3H,1-2H3;2*1H;/q2*-1;;;;+2. The van der Waals surface area contributed by atoms with Crippen LogP contribution in [0.2, 0.25) is 11.5 Å². The smallest absolute Gasteiger partial charge is 2.00 e. The Morgan fingerprint density at radius 2 is 1.60 bits per heavy atom. The van der Waals surface area contributed by atoms with Crippen molar-refractivity contribution in [3.63, 3.8) is 0 Å². The van der Waals surface area contributed by atoms with Crippen LogP contribution >= 0.6 is 24.8 Å². The number of halogens is 2. The maximum absolute atomic E-state index is 3.30.